The molecule has 0 saturated heterocycles. The molecule has 1 unspecified atom stereocenters. The van der Waals surface area contributed by atoms with Gasteiger partial charge in [-0.1, -0.05) is 6.92 Å². The lowest BCUT2D eigenvalue weighted by Gasteiger charge is -2.17. The van der Waals surface area contributed by atoms with Gasteiger partial charge in [0.1, 0.15) is 16.5 Å². The zero-order chi connectivity index (χ0) is 13.7. The van der Waals surface area contributed by atoms with Crippen molar-refractivity contribution in [3.05, 3.63) is 40.3 Å². The van der Waals surface area contributed by atoms with E-state index in [-0.39, 0.29) is 6.04 Å². The van der Waals surface area contributed by atoms with Gasteiger partial charge in [-0.15, -0.1) is 11.3 Å². The number of nitrogens with one attached hydrogen (secondary N) is 1. The molecule has 0 bridgehead atoms. The fraction of sp³-hybridized carbons (Fsp3) is 0.357. The summed E-state index contributed by atoms with van der Waals surface area (Å²) in [7, 11) is 3.31. The molecule has 1 N–H and O–H groups in total. The van der Waals surface area contributed by atoms with Crippen molar-refractivity contribution in [1.29, 1.82) is 0 Å². The zero-order valence-electron chi connectivity index (χ0n) is 11.3. The Labute approximate surface area is 117 Å². The largest absolute Gasteiger partial charge is 0.497 e. The van der Waals surface area contributed by atoms with Gasteiger partial charge >= 0.3 is 0 Å². The fourth-order valence-corrected chi connectivity index (χ4v) is 2.66. The molecular weight excluding hydrogens is 260 g/mol. The zero-order valence-corrected chi connectivity index (χ0v) is 12.2. The van der Waals surface area contributed by atoms with Crippen molar-refractivity contribution in [1.82, 2.24) is 10.3 Å². The standard InChI is InChI=1S/C14H18N2O2S/c1-4-15-13(14-16-5-6-19-14)10-7-11(17-2)9-12(8-10)18-3/h5-9,13,15H,4H2,1-3H3. The molecule has 2 aromatic rings. The summed E-state index contributed by atoms with van der Waals surface area (Å²) < 4.78 is 10.6. The smallest absolute Gasteiger partial charge is 0.122 e. The molecule has 0 saturated carbocycles. The van der Waals surface area contributed by atoms with Gasteiger partial charge in [-0.2, -0.15) is 0 Å². The molecule has 1 aromatic heterocycles. The summed E-state index contributed by atoms with van der Waals surface area (Å²) in [6, 6.07) is 5.96. The highest BCUT2D eigenvalue weighted by Gasteiger charge is 2.17. The third kappa shape index (κ3) is 3.24. The molecule has 0 amide bonds. The van der Waals surface area contributed by atoms with Crippen molar-refractivity contribution in [3.8, 4) is 11.5 Å². The lowest BCUT2D eigenvalue weighted by Crippen LogP contribution is -2.21. The van der Waals surface area contributed by atoms with E-state index < -0.39 is 0 Å². The van der Waals surface area contributed by atoms with E-state index >= 15 is 0 Å². The maximum absolute atomic E-state index is 5.32. The number of ether oxygens (including phenoxy) is 2. The number of methoxy groups -OCH3 is 2. The van der Waals surface area contributed by atoms with Crippen LogP contribution in [0, 0.1) is 0 Å². The fourth-order valence-electron chi connectivity index (χ4n) is 1.93. The van der Waals surface area contributed by atoms with Crippen LogP contribution in [0.3, 0.4) is 0 Å². The number of aromatic nitrogens is 1. The Bertz CT molecular complexity index is 492. The number of hydrogen-bond donors (Lipinski definition) is 1. The van der Waals surface area contributed by atoms with Crippen LogP contribution in [0.2, 0.25) is 0 Å². The van der Waals surface area contributed by atoms with E-state index in [4.69, 9.17) is 9.47 Å². The van der Waals surface area contributed by atoms with Gasteiger partial charge in [-0.3, -0.25) is 0 Å². The Morgan fingerprint density at radius 3 is 2.37 bits per heavy atom. The molecule has 1 heterocycles. The predicted octanol–water partition coefficient (Wildman–Crippen LogP) is 2.86. The van der Waals surface area contributed by atoms with Crippen molar-refractivity contribution in [2.45, 2.75) is 13.0 Å². The first-order valence-electron chi connectivity index (χ1n) is 6.14. The van der Waals surface area contributed by atoms with Gasteiger partial charge in [0.25, 0.3) is 0 Å². The van der Waals surface area contributed by atoms with Gasteiger partial charge in [0.2, 0.25) is 0 Å². The van der Waals surface area contributed by atoms with E-state index in [0.29, 0.717) is 0 Å². The summed E-state index contributed by atoms with van der Waals surface area (Å²) in [6.45, 7) is 2.95. The summed E-state index contributed by atoms with van der Waals surface area (Å²) in [5.74, 6) is 1.57. The molecule has 2 rings (SSSR count). The Morgan fingerprint density at radius 2 is 1.89 bits per heavy atom. The number of thiazole rings is 1. The van der Waals surface area contributed by atoms with Crippen LogP contribution in [0.1, 0.15) is 23.5 Å². The van der Waals surface area contributed by atoms with Crippen molar-refractivity contribution in [2.75, 3.05) is 20.8 Å². The minimum absolute atomic E-state index is 0.0639. The maximum atomic E-state index is 5.32. The summed E-state index contributed by atoms with van der Waals surface area (Å²) in [6.07, 6.45) is 1.82. The molecule has 4 nitrogen and oxygen atoms in total. The van der Waals surface area contributed by atoms with Gasteiger partial charge in [0.05, 0.1) is 20.3 Å². The highest BCUT2D eigenvalue weighted by Crippen LogP contribution is 2.30. The third-order valence-electron chi connectivity index (χ3n) is 2.81. The number of hydrogen-bond acceptors (Lipinski definition) is 5. The first-order chi connectivity index (χ1) is 9.28. The summed E-state index contributed by atoms with van der Waals surface area (Å²) in [5, 5.41) is 6.46. The van der Waals surface area contributed by atoms with Gasteiger partial charge in [0, 0.05) is 17.6 Å². The first kappa shape index (κ1) is 13.8. The highest BCUT2D eigenvalue weighted by atomic mass is 32.1. The normalized spacial score (nSPS) is 12.2. The third-order valence-corrected chi connectivity index (χ3v) is 3.65. The summed E-state index contributed by atoms with van der Waals surface area (Å²) in [4.78, 5) is 4.40. The minimum atomic E-state index is 0.0639. The molecule has 102 valence electrons. The predicted molar refractivity (Wildman–Crippen MR) is 77.2 cm³/mol. The van der Waals surface area contributed by atoms with Crippen LogP contribution in [0.4, 0.5) is 0 Å². The number of nitrogens with zero attached hydrogens (tertiary/aromatic N) is 1. The molecule has 19 heavy (non-hydrogen) atoms. The van der Waals surface area contributed by atoms with Crippen molar-refractivity contribution in [2.24, 2.45) is 0 Å². The van der Waals surface area contributed by atoms with E-state index in [9.17, 15) is 0 Å². The molecule has 5 heteroatoms. The Balaban J connectivity index is 2.41. The van der Waals surface area contributed by atoms with Crippen LogP contribution in [0.15, 0.2) is 29.8 Å². The van der Waals surface area contributed by atoms with E-state index in [1.165, 1.54) is 0 Å². The van der Waals surface area contributed by atoms with E-state index in [1.807, 2.05) is 29.8 Å². The van der Waals surface area contributed by atoms with Crippen molar-refractivity contribution < 1.29 is 9.47 Å². The molecule has 0 aliphatic carbocycles. The van der Waals surface area contributed by atoms with E-state index in [1.54, 1.807) is 25.6 Å². The monoisotopic (exact) mass is 278 g/mol. The van der Waals surface area contributed by atoms with Crippen molar-refractivity contribution >= 4 is 11.3 Å². The van der Waals surface area contributed by atoms with Gasteiger partial charge in [-0.25, -0.2) is 4.98 Å². The Kier molecular flexibility index (Phi) is 4.76. The molecule has 0 spiro atoms. The second-order valence-electron chi connectivity index (χ2n) is 4.01. The second kappa shape index (κ2) is 6.54. The lowest BCUT2D eigenvalue weighted by atomic mass is 10.1. The van der Waals surface area contributed by atoms with Crippen LogP contribution >= 0.6 is 11.3 Å². The summed E-state index contributed by atoms with van der Waals surface area (Å²) >= 11 is 1.64. The molecule has 1 atom stereocenters. The second-order valence-corrected chi connectivity index (χ2v) is 4.93. The topological polar surface area (TPSA) is 43.4 Å². The van der Waals surface area contributed by atoms with Crippen LogP contribution in [-0.4, -0.2) is 25.7 Å². The van der Waals surface area contributed by atoms with E-state index in [2.05, 4.69) is 17.2 Å². The molecular formula is C14H18N2O2S. The van der Waals surface area contributed by atoms with Gasteiger partial charge in [-0.05, 0) is 24.2 Å². The number of rotatable bonds is 6. The average molecular weight is 278 g/mol. The van der Waals surface area contributed by atoms with Crippen LogP contribution in [0.25, 0.3) is 0 Å². The van der Waals surface area contributed by atoms with Crippen molar-refractivity contribution in [3.63, 3.8) is 0 Å². The SMILES string of the molecule is CCNC(c1cc(OC)cc(OC)c1)c1nccs1. The Hall–Kier alpha value is -1.59. The van der Waals surface area contributed by atoms with Gasteiger partial charge in [0.15, 0.2) is 0 Å². The average Bonchev–Trinajstić information content (AvgIpc) is 2.97. The molecule has 0 radical (unpaired) electrons. The maximum Gasteiger partial charge on any atom is 0.122 e. The Morgan fingerprint density at radius 1 is 1.21 bits per heavy atom. The van der Waals surface area contributed by atoms with Crippen LogP contribution < -0.4 is 14.8 Å². The number of benzene rings is 1. The quantitative estimate of drug-likeness (QED) is 0.882. The lowest BCUT2D eigenvalue weighted by molar-refractivity contribution is 0.392. The van der Waals surface area contributed by atoms with Gasteiger partial charge < -0.3 is 14.8 Å². The molecule has 0 fully saturated rings. The molecule has 0 aliphatic rings. The highest BCUT2D eigenvalue weighted by molar-refractivity contribution is 7.09. The van der Waals surface area contributed by atoms with Crippen LogP contribution in [-0.2, 0) is 0 Å². The molecule has 0 aliphatic heterocycles. The molecule has 1 aromatic carbocycles. The first-order valence-corrected chi connectivity index (χ1v) is 7.02. The minimum Gasteiger partial charge on any atom is -0.497 e. The summed E-state index contributed by atoms with van der Waals surface area (Å²) in [5.41, 5.74) is 1.09. The van der Waals surface area contributed by atoms with E-state index in [0.717, 1.165) is 28.6 Å². The van der Waals surface area contributed by atoms with Crippen LogP contribution in [0.5, 0.6) is 11.5 Å².